The molecule has 4 heteroatoms. The summed E-state index contributed by atoms with van der Waals surface area (Å²) in [6.07, 6.45) is 0.411. The van der Waals surface area contributed by atoms with Gasteiger partial charge < -0.3 is 5.32 Å². The van der Waals surface area contributed by atoms with Crippen LogP contribution in [0.25, 0.3) is 0 Å². The fourth-order valence-corrected chi connectivity index (χ4v) is 2.57. The number of likely N-dealkylation sites (N-methyl/N-ethyl adjacent to an activating group) is 1. The molecular formula is C16H16ClF2N. The van der Waals surface area contributed by atoms with E-state index in [1.54, 1.807) is 25.2 Å². The van der Waals surface area contributed by atoms with E-state index in [0.29, 0.717) is 17.0 Å². The van der Waals surface area contributed by atoms with Gasteiger partial charge in [0, 0.05) is 16.6 Å². The van der Waals surface area contributed by atoms with Crippen molar-refractivity contribution in [2.45, 2.75) is 19.4 Å². The third-order valence-corrected chi connectivity index (χ3v) is 3.78. The number of nitrogens with one attached hydrogen (secondary N) is 1. The van der Waals surface area contributed by atoms with Gasteiger partial charge in [0.25, 0.3) is 0 Å². The van der Waals surface area contributed by atoms with E-state index in [0.717, 1.165) is 11.1 Å². The lowest BCUT2D eigenvalue weighted by Crippen LogP contribution is -2.20. The van der Waals surface area contributed by atoms with Crippen molar-refractivity contribution in [2.24, 2.45) is 0 Å². The van der Waals surface area contributed by atoms with Gasteiger partial charge in [0.1, 0.15) is 11.6 Å². The number of hydrogen-bond donors (Lipinski definition) is 1. The van der Waals surface area contributed by atoms with E-state index in [4.69, 9.17) is 11.6 Å². The zero-order chi connectivity index (χ0) is 14.7. The van der Waals surface area contributed by atoms with Crippen LogP contribution in [0.5, 0.6) is 0 Å². The molecule has 0 aliphatic heterocycles. The maximum Gasteiger partial charge on any atom is 0.127 e. The maximum absolute atomic E-state index is 13.9. The molecule has 1 unspecified atom stereocenters. The van der Waals surface area contributed by atoms with Crippen LogP contribution in [-0.2, 0) is 6.42 Å². The molecule has 0 fully saturated rings. The Bertz CT molecular complexity index is 593. The molecule has 0 aromatic heterocycles. The Morgan fingerprint density at radius 1 is 1.20 bits per heavy atom. The minimum Gasteiger partial charge on any atom is -0.313 e. The van der Waals surface area contributed by atoms with E-state index in [-0.39, 0.29) is 17.7 Å². The SMILES string of the molecule is CNC(Cc1c(F)cccc1Cl)c1ccc(F)cc1C. The Hall–Kier alpha value is -1.45. The molecule has 1 atom stereocenters. The first-order chi connectivity index (χ1) is 9.52. The molecule has 0 heterocycles. The smallest absolute Gasteiger partial charge is 0.127 e. The maximum atomic E-state index is 13.9. The molecule has 0 radical (unpaired) electrons. The first-order valence-electron chi connectivity index (χ1n) is 6.39. The van der Waals surface area contributed by atoms with E-state index in [9.17, 15) is 8.78 Å². The monoisotopic (exact) mass is 295 g/mol. The normalized spacial score (nSPS) is 12.4. The molecule has 1 N–H and O–H groups in total. The van der Waals surface area contributed by atoms with E-state index >= 15 is 0 Å². The quantitative estimate of drug-likeness (QED) is 0.880. The summed E-state index contributed by atoms with van der Waals surface area (Å²) in [6.45, 7) is 1.84. The number of hydrogen-bond acceptors (Lipinski definition) is 1. The average Bonchev–Trinajstić information content (AvgIpc) is 2.40. The molecule has 2 aromatic carbocycles. The molecule has 0 aliphatic rings. The highest BCUT2D eigenvalue weighted by atomic mass is 35.5. The lowest BCUT2D eigenvalue weighted by atomic mass is 9.95. The standard InChI is InChI=1S/C16H16ClF2N/c1-10-8-11(18)6-7-12(10)16(20-2)9-13-14(17)4-3-5-15(13)19/h3-8,16,20H,9H2,1-2H3. The fraction of sp³-hybridized carbons (Fsp3) is 0.250. The van der Waals surface area contributed by atoms with Crippen molar-refractivity contribution in [3.63, 3.8) is 0 Å². The first kappa shape index (κ1) is 14.9. The van der Waals surface area contributed by atoms with E-state index in [1.807, 2.05) is 6.92 Å². The second-order valence-electron chi connectivity index (χ2n) is 4.75. The lowest BCUT2D eigenvalue weighted by Gasteiger charge is -2.20. The number of benzene rings is 2. The first-order valence-corrected chi connectivity index (χ1v) is 6.77. The molecule has 2 aromatic rings. The van der Waals surface area contributed by atoms with Crippen LogP contribution in [-0.4, -0.2) is 7.05 Å². The third kappa shape index (κ3) is 3.17. The zero-order valence-electron chi connectivity index (χ0n) is 11.4. The van der Waals surface area contributed by atoms with Crippen molar-refractivity contribution in [2.75, 3.05) is 7.05 Å². The average molecular weight is 296 g/mol. The van der Waals surface area contributed by atoms with E-state index in [2.05, 4.69) is 5.32 Å². The van der Waals surface area contributed by atoms with Gasteiger partial charge in [-0.15, -0.1) is 0 Å². The van der Waals surface area contributed by atoms with Crippen molar-refractivity contribution >= 4 is 11.6 Å². The molecule has 1 nitrogen and oxygen atoms in total. The van der Waals surface area contributed by atoms with Crippen LogP contribution in [0.1, 0.15) is 22.7 Å². The second-order valence-corrected chi connectivity index (χ2v) is 5.15. The topological polar surface area (TPSA) is 12.0 Å². The van der Waals surface area contributed by atoms with Crippen LogP contribution >= 0.6 is 11.6 Å². The highest BCUT2D eigenvalue weighted by Crippen LogP contribution is 2.27. The minimum absolute atomic E-state index is 0.120. The predicted molar refractivity (Wildman–Crippen MR) is 78.1 cm³/mol. The summed E-state index contributed by atoms with van der Waals surface area (Å²) in [5.41, 5.74) is 2.24. The van der Waals surface area contributed by atoms with Crippen molar-refractivity contribution in [1.29, 1.82) is 0 Å². The Balaban J connectivity index is 2.34. The van der Waals surface area contributed by atoms with Crippen molar-refractivity contribution < 1.29 is 8.78 Å². The van der Waals surface area contributed by atoms with Gasteiger partial charge in [0.15, 0.2) is 0 Å². The van der Waals surface area contributed by atoms with Gasteiger partial charge in [-0.1, -0.05) is 23.7 Å². The molecule has 0 aliphatic carbocycles. The van der Waals surface area contributed by atoms with Crippen LogP contribution in [0.4, 0.5) is 8.78 Å². The number of aryl methyl sites for hydroxylation is 1. The molecule has 0 bridgehead atoms. The van der Waals surface area contributed by atoms with E-state index < -0.39 is 0 Å². The molecule has 0 spiro atoms. The van der Waals surface area contributed by atoms with Crippen molar-refractivity contribution in [3.8, 4) is 0 Å². The Morgan fingerprint density at radius 2 is 1.95 bits per heavy atom. The molecule has 0 saturated heterocycles. The molecule has 2 rings (SSSR count). The summed E-state index contributed by atoms with van der Waals surface area (Å²) in [4.78, 5) is 0. The van der Waals surface area contributed by atoms with Crippen LogP contribution in [0.15, 0.2) is 36.4 Å². The van der Waals surface area contributed by atoms with Gasteiger partial charge in [0.05, 0.1) is 0 Å². The minimum atomic E-state index is -0.322. The highest BCUT2D eigenvalue weighted by molar-refractivity contribution is 6.31. The Kier molecular flexibility index (Phi) is 4.73. The zero-order valence-corrected chi connectivity index (χ0v) is 12.1. The van der Waals surface area contributed by atoms with Crippen molar-refractivity contribution in [1.82, 2.24) is 5.32 Å². The van der Waals surface area contributed by atoms with Crippen LogP contribution in [0.3, 0.4) is 0 Å². The van der Waals surface area contributed by atoms with Gasteiger partial charge >= 0.3 is 0 Å². The number of rotatable bonds is 4. The fourth-order valence-electron chi connectivity index (χ4n) is 2.33. The van der Waals surface area contributed by atoms with Crippen molar-refractivity contribution in [3.05, 3.63) is 69.7 Å². The summed E-state index contributed by atoms with van der Waals surface area (Å²) in [5.74, 6) is -0.595. The number of halogens is 3. The van der Waals surface area contributed by atoms with Gasteiger partial charge in [-0.2, -0.15) is 0 Å². The lowest BCUT2D eigenvalue weighted by molar-refractivity contribution is 0.550. The van der Waals surface area contributed by atoms with Gasteiger partial charge in [-0.05, 0) is 55.8 Å². The summed E-state index contributed by atoms with van der Waals surface area (Å²) in [7, 11) is 1.79. The molecule has 0 amide bonds. The molecule has 106 valence electrons. The second kappa shape index (κ2) is 6.33. The highest BCUT2D eigenvalue weighted by Gasteiger charge is 2.17. The predicted octanol–water partition coefficient (Wildman–Crippen LogP) is 4.43. The van der Waals surface area contributed by atoms with Gasteiger partial charge in [-0.25, -0.2) is 8.78 Å². The van der Waals surface area contributed by atoms with Gasteiger partial charge in [0.2, 0.25) is 0 Å². The summed E-state index contributed by atoms with van der Waals surface area (Å²) in [6, 6.07) is 9.14. The molecular weight excluding hydrogens is 280 g/mol. The molecule has 20 heavy (non-hydrogen) atoms. The summed E-state index contributed by atoms with van der Waals surface area (Å²) >= 11 is 6.06. The van der Waals surface area contributed by atoms with Crippen LogP contribution < -0.4 is 5.32 Å². The third-order valence-electron chi connectivity index (χ3n) is 3.43. The summed E-state index contributed by atoms with van der Waals surface area (Å²) in [5, 5.41) is 3.54. The van der Waals surface area contributed by atoms with Gasteiger partial charge in [-0.3, -0.25) is 0 Å². The van der Waals surface area contributed by atoms with Crippen LogP contribution in [0, 0.1) is 18.6 Å². The Morgan fingerprint density at radius 3 is 2.55 bits per heavy atom. The summed E-state index contributed by atoms with van der Waals surface area (Å²) < 4.78 is 27.0. The van der Waals surface area contributed by atoms with Crippen LogP contribution in [0.2, 0.25) is 5.02 Å². The largest absolute Gasteiger partial charge is 0.313 e. The Labute approximate surface area is 122 Å². The van der Waals surface area contributed by atoms with E-state index in [1.165, 1.54) is 18.2 Å². The molecule has 0 saturated carbocycles.